The van der Waals surface area contributed by atoms with Crippen molar-refractivity contribution in [2.45, 2.75) is 19.5 Å². The van der Waals surface area contributed by atoms with Crippen LogP contribution in [0.2, 0.25) is 0 Å². The van der Waals surface area contributed by atoms with E-state index in [1.54, 1.807) is 18.5 Å². The standard InChI is InChI=1S/C15H15FN2O2/c1-10(12-3-2-6-17-9-12)18-8-11-4-5-13(15(19)20)14(16)7-11/h2-7,9-10,18H,8H2,1H3,(H,19,20)/t10-/m1/s1. The molecule has 4 nitrogen and oxygen atoms in total. The number of pyridine rings is 1. The van der Waals surface area contributed by atoms with Gasteiger partial charge < -0.3 is 10.4 Å². The highest BCUT2D eigenvalue weighted by molar-refractivity contribution is 5.87. The van der Waals surface area contributed by atoms with Crippen LogP contribution in [0, 0.1) is 5.82 Å². The number of benzene rings is 1. The average Bonchev–Trinajstić information content (AvgIpc) is 2.45. The van der Waals surface area contributed by atoms with E-state index in [9.17, 15) is 9.18 Å². The van der Waals surface area contributed by atoms with Crippen molar-refractivity contribution in [1.29, 1.82) is 0 Å². The Hall–Kier alpha value is -2.27. The zero-order valence-corrected chi connectivity index (χ0v) is 11.0. The summed E-state index contributed by atoms with van der Waals surface area (Å²) >= 11 is 0. The van der Waals surface area contributed by atoms with Crippen LogP contribution in [0.4, 0.5) is 4.39 Å². The van der Waals surface area contributed by atoms with Gasteiger partial charge in [-0.1, -0.05) is 12.1 Å². The Kier molecular flexibility index (Phi) is 4.42. The predicted octanol–water partition coefficient (Wildman–Crippen LogP) is 2.77. The molecule has 0 spiro atoms. The number of carboxylic acid groups (broad SMARTS) is 1. The van der Waals surface area contributed by atoms with Gasteiger partial charge in [-0.25, -0.2) is 9.18 Å². The number of aromatic nitrogens is 1. The zero-order valence-electron chi connectivity index (χ0n) is 11.0. The minimum atomic E-state index is -1.26. The average molecular weight is 274 g/mol. The topological polar surface area (TPSA) is 62.2 Å². The summed E-state index contributed by atoms with van der Waals surface area (Å²) in [4.78, 5) is 14.8. The normalized spacial score (nSPS) is 12.1. The molecule has 2 N–H and O–H groups in total. The van der Waals surface area contributed by atoms with Crippen LogP contribution in [0.3, 0.4) is 0 Å². The fraction of sp³-hybridized carbons (Fsp3) is 0.200. The summed E-state index contributed by atoms with van der Waals surface area (Å²) in [6.07, 6.45) is 3.47. The molecule has 104 valence electrons. The van der Waals surface area contributed by atoms with Crippen molar-refractivity contribution >= 4 is 5.97 Å². The fourth-order valence-corrected chi connectivity index (χ4v) is 1.86. The molecule has 1 heterocycles. The van der Waals surface area contributed by atoms with Crippen molar-refractivity contribution in [2.24, 2.45) is 0 Å². The molecule has 1 aromatic heterocycles. The first-order chi connectivity index (χ1) is 9.58. The molecule has 0 bridgehead atoms. The quantitative estimate of drug-likeness (QED) is 0.880. The van der Waals surface area contributed by atoms with Gasteiger partial charge in [0.05, 0.1) is 5.56 Å². The van der Waals surface area contributed by atoms with Crippen LogP contribution in [-0.2, 0) is 6.54 Å². The maximum atomic E-state index is 13.5. The van der Waals surface area contributed by atoms with Gasteiger partial charge in [0, 0.05) is 25.0 Å². The van der Waals surface area contributed by atoms with Crippen LogP contribution in [-0.4, -0.2) is 16.1 Å². The van der Waals surface area contributed by atoms with E-state index < -0.39 is 11.8 Å². The molecule has 2 aromatic rings. The molecule has 0 fully saturated rings. The first-order valence-corrected chi connectivity index (χ1v) is 6.23. The number of carboxylic acids is 1. The third-order valence-corrected chi connectivity index (χ3v) is 3.06. The molecule has 0 radical (unpaired) electrons. The third kappa shape index (κ3) is 3.39. The number of halogens is 1. The Bertz CT molecular complexity index is 602. The largest absolute Gasteiger partial charge is 0.478 e. The minimum Gasteiger partial charge on any atom is -0.478 e. The number of carbonyl (C=O) groups is 1. The number of rotatable bonds is 5. The van der Waals surface area contributed by atoms with Gasteiger partial charge in [0.2, 0.25) is 0 Å². The van der Waals surface area contributed by atoms with Gasteiger partial charge in [0.15, 0.2) is 0 Å². The smallest absolute Gasteiger partial charge is 0.338 e. The molecule has 0 aliphatic carbocycles. The van der Waals surface area contributed by atoms with Crippen molar-refractivity contribution < 1.29 is 14.3 Å². The molecule has 0 unspecified atom stereocenters. The molecule has 1 aromatic carbocycles. The summed E-state index contributed by atoms with van der Waals surface area (Å²) in [5.74, 6) is -1.98. The summed E-state index contributed by atoms with van der Waals surface area (Å²) < 4.78 is 13.5. The molecule has 0 aliphatic rings. The lowest BCUT2D eigenvalue weighted by atomic mass is 10.1. The summed E-state index contributed by atoms with van der Waals surface area (Å²) in [6.45, 7) is 2.44. The first kappa shape index (κ1) is 14.1. The number of nitrogens with one attached hydrogen (secondary N) is 1. The Morgan fingerprint density at radius 1 is 1.45 bits per heavy atom. The maximum absolute atomic E-state index is 13.5. The summed E-state index contributed by atoms with van der Waals surface area (Å²) in [5, 5.41) is 12.0. The van der Waals surface area contributed by atoms with Gasteiger partial charge in [-0.2, -0.15) is 0 Å². The van der Waals surface area contributed by atoms with Crippen LogP contribution >= 0.6 is 0 Å². The molecule has 5 heteroatoms. The monoisotopic (exact) mass is 274 g/mol. The second-order valence-electron chi connectivity index (χ2n) is 4.51. The lowest BCUT2D eigenvalue weighted by Crippen LogP contribution is -2.18. The molecule has 1 atom stereocenters. The zero-order chi connectivity index (χ0) is 14.5. The Morgan fingerprint density at radius 3 is 2.85 bits per heavy atom. The van der Waals surface area contributed by atoms with Crippen molar-refractivity contribution in [1.82, 2.24) is 10.3 Å². The van der Waals surface area contributed by atoms with Gasteiger partial charge in [0.1, 0.15) is 5.82 Å². The fourth-order valence-electron chi connectivity index (χ4n) is 1.86. The molecular weight excluding hydrogens is 259 g/mol. The first-order valence-electron chi connectivity index (χ1n) is 6.23. The highest BCUT2D eigenvalue weighted by Gasteiger charge is 2.11. The van der Waals surface area contributed by atoms with Gasteiger partial charge in [-0.3, -0.25) is 4.98 Å². The molecule has 0 saturated carbocycles. The SMILES string of the molecule is C[C@@H](NCc1ccc(C(=O)O)c(F)c1)c1cccnc1. The highest BCUT2D eigenvalue weighted by atomic mass is 19.1. The van der Waals surface area contributed by atoms with E-state index in [1.807, 2.05) is 19.1 Å². The van der Waals surface area contributed by atoms with E-state index >= 15 is 0 Å². The van der Waals surface area contributed by atoms with Crippen LogP contribution in [0.15, 0.2) is 42.7 Å². The number of nitrogens with zero attached hydrogens (tertiary/aromatic N) is 1. The molecule has 0 aliphatic heterocycles. The van der Waals surface area contributed by atoms with E-state index in [2.05, 4.69) is 10.3 Å². The van der Waals surface area contributed by atoms with E-state index in [0.717, 1.165) is 5.56 Å². The molecule has 20 heavy (non-hydrogen) atoms. The van der Waals surface area contributed by atoms with E-state index in [-0.39, 0.29) is 11.6 Å². The Labute approximate surface area is 116 Å². The van der Waals surface area contributed by atoms with Crippen LogP contribution in [0.25, 0.3) is 0 Å². The van der Waals surface area contributed by atoms with Crippen LogP contribution in [0.5, 0.6) is 0 Å². The molecule has 0 saturated heterocycles. The third-order valence-electron chi connectivity index (χ3n) is 3.06. The summed E-state index contributed by atoms with van der Waals surface area (Å²) in [7, 11) is 0. The molecule has 2 rings (SSSR count). The van der Waals surface area contributed by atoms with Crippen molar-refractivity contribution in [3.05, 3.63) is 65.2 Å². The second-order valence-corrected chi connectivity index (χ2v) is 4.51. The van der Waals surface area contributed by atoms with E-state index in [4.69, 9.17) is 5.11 Å². The lowest BCUT2D eigenvalue weighted by molar-refractivity contribution is 0.0692. The molecule has 0 amide bonds. The lowest BCUT2D eigenvalue weighted by Gasteiger charge is -2.14. The van der Waals surface area contributed by atoms with Gasteiger partial charge in [-0.05, 0) is 36.2 Å². The molecular formula is C15H15FN2O2. The van der Waals surface area contributed by atoms with Crippen molar-refractivity contribution in [3.8, 4) is 0 Å². The van der Waals surface area contributed by atoms with Gasteiger partial charge >= 0.3 is 5.97 Å². The predicted molar refractivity (Wildman–Crippen MR) is 72.9 cm³/mol. The van der Waals surface area contributed by atoms with E-state index in [1.165, 1.54) is 12.1 Å². The Morgan fingerprint density at radius 2 is 2.25 bits per heavy atom. The Balaban J connectivity index is 2.01. The van der Waals surface area contributed by atoms with E-state index in [0.29, 0.717) is 12.1 Å². The number of aromatic carboxylic acids is 1. The maximum Gasteiger partial charge on any atom is 0.338 e. The number of hydrogen-bond donors (Lipinski definition) is 2. The van der Waals surface area contributed by atoms with Gasteiger partial charge in [-0.15, -0.1) is 0 Å². The highest BCUT2D eigenvalue weighted by Crippen LogP contribution is 2.13. The van der Waals surface area contributed by atoms with Crippen molar-refractivity contribution in [3.63, 3.8) is 0 Å². The minimum absolute atomic E-state index is 0.0749. The van der Waals surface area contributed by atoms with Crippen LogP contribution < -0.4 is 5.32 Å². The van der Waals surface area contributed by atoms with Gasteiger partial charge in [0.25, 0.3) is 0 Å². The summed E-state index contributed by atoms with van der Waals surface area (Å²) in [6, 6.07) is 8.02. The second kappa shape index (κ2) is 6.25. The summed E-state index contributed by atoms with van der Waals surface area (Å²) in [5.41, 5.74) is 1.42. The van der Waals surface area contributed by atoms with Crippen LogP contribution in [0.1, 0.15) is 34.5 Å². The number of hydrogen-bond acceptors (Lipinski definition) is 3. The van der Waals surface area contributed by atoms with Crippen molar-refractivity contribution in [2.75, 3.05) is 0 Å².